The largest absolute Gasteiger partial charge is 0.375 e. The van der Waals surface area contributed by atoms with E-state index in [-0.39, 0.29) is 23.8 Å². The predicted octanol–water partition coefficient (Wildman–Crippen LogP) is 2.20. The first-order chi connectivity index (χ1) is 13.5. The SMILES string of the molecule is COCC(=O)N1CCc2[nH]cnc2C12CCN(Cc1csc(C(C)=O)c1)CC2. The fourth-order valence-corrected chi connectivity index (χ4v) is 5.34. The van der Waals surface area contributed by atoms with Crippen molar-refractivity contribution in [3.63, 3.8) is 0 Å². The molecule has 2 aliphatic rings. The minimum atomic E-state index is -0.348. The van der Waals surface area contributed by atoms with Gasteiger partial charge in [-0.2, -0.15) is 0 Å². The summed E-state index contributed by atoms with van der Waals surface area (Å²) in [4.78, 5) is 37.4. The number of piperidine rings is 1. The number of amides is 1. The summed E-state index contributed by atoms with van der Waals surface area (Å²) < 4.78 is 5.13. The van der Waals surface area contributed by atoms with Gasteiger partial charge in [0, 0.05) is 45.4 Å². The van der Waals surface area contributed by atoms with E-state index in [9.17, 15) is 9.59 Å². The molecule has 0 unspecified atom stereocenters. The summed E-state index contributed by atoms with van der Waals surface area (Å²) in [5.41, 5.74) is 3.01. The molecule has 0 aliphatic carbocycles. The standard InChI is InChI=1S/C20H26N4O3S/c1-14(25)17-9-15(12-28-17)10-23-7-4-20(5-8-23)19-16(21-13-22-19)3-6-24(20)18(26)11-27-2/h9,12-13H,3-8,10-11H2,1-2H3,(H,21,22). The Morgan fingerprint density at radius 3 is 2.79 bits per heavy atom. The highest BCUT2D eigenvalue weighted by atomic mass is 32.1. The number of Topliss-reactive ketones (excluding diaryl/α,β-unsaturated/α-hetero) is 1. The number of fused-ring (bicyclic) bond motifs is 2. The lowest BCUT2D eigenvalue weighted by molar-refractivity contribution is -0.146. The maximum absolute atomic E-state index is 12.8. The Morgan fingerprint density at radius 2 is 2.11 bits per heavy atom. The van der Waals surface area contributed by atoms with Crippen molar-refractivity contribution >= 4 is 23.0 Å². The second-order valence-corrected chi connectivity index (χ2v) is 8.55. The number of thiophene rings is 1. The monoisotopic (exact) mass is 402 g/mol. The van der Waals surface area contributed by atoms with Gasteiger partial charge in [0.1, 0.15) is 6.61 Å². The summed E-state index contributed by atoms with van der Waals surface area (Å²) in [7, 11) is 1.56. The molecule has 0 saturated carbocycles. The number of rotatable bonds is 5. The Morgan fingerprint density at radius 1 is 1.32 bits per heavy atom. The zero-order valence-electron chi connectivity index (χ0n) is 16.4. The average molecular weight is 403 g/mol. The lowest BCUT2D eigenvalue weighted by Crippen LogP contribution is -2.58. The van der Waals surface area contributed by atoms with E-state index in [0.29, 0.717) is 6.54 Å². The van der Waals surface area contributed by atoms with E-state index in [1.165, 1.54) is 16.9 Å². The molecule has 0 atom stereocenters. The molecule has 0 bridgehead atoms. The normalized spacial score (nSPS) is 19.0. The van der Waals surface area contributed by atoms with Crippen LogP contribution < -0.4 is 0 Å². The highest BCUT2D eigenvalue weighted by molar-refractivity contribution is 7.12. The van der Waals surface area contributed by atoms with Crippen LogP contribution in [0.4, 0.5) is 0 Å². The zero-order chi connectivity index (χ0) is 19.7. The molecule has 0 aromatic carbocycles. The van der Waals surface area contributed by atoms with Gasteiger partial charge in [-0.3, -0.25) is 14.5 Å². The molecule has 1 fully saturated rings. The summed E-state index contributed by atoms with van der Waals surface area (Å²) in [6.07, 6.45) is 4.25. The molecule has 4 rings (SSSR count). The van der Waals surface area contributed by atoms with E-state index in [1.807, 2.05) is 11.0 Å². The molecule has 28 heavy (non-hydrogen) atoms. The number of nitrogens with one attached hydrogen (secondary N) is 1. The minimum Gasteiger partial charge on any atom is -0.375 e. The molecular weight excluding hydrogens is 376 g/mol. The molecule has 0 radical (unpaired) electrons. The highest BCUT2D eigenvalue weighted by Gasteiger charge is 2.48. The summed E-state index contributed by atoms with van der Waals surface area (Å²) in [6.45, 7) is 5.01. The van der Waals surface area contributed by atoms with Gasteiger partial charge in [-0.05, 0) is 36.8 Å². The van der Waals surface area contributed by atoms with Crippen LogP contribution in [0.3, 0.4) is 0 Å². The number of ketones is 1. The number of nitrogens with zero attached hydrogens (tertiary/aromatic N) is 3. The molecule has 1 amide bonds. The van der Waals surface area contributed by atoms with E-state index < -0.39 is 0 Å². The molecular formula is C20H26N4O3S. The first kappa shape index (κ1) is 19.3. The second kappa shape index (κ2) is 7.77. The van der Waals surface area contributed by atoms with Gasteiger partial charge < -0.3 is 14.6 Å². The Bertz CT molecular complexity index is 866. The Hall–Kier alpha value is -2.03. The summed E-state index contributed by atoms with van der Waals surface area (Å²) in [5, 5.41) is 2.07. The number of ether oxygens (including phenoxy) is 1. The van der Waals surface area contributed by atoms with Crippen LogP contribution in [0, 0.1) is 0 Å². The Labute approximate surface area is 168 Å². The van der Waals surface area contributed by atoms with Gasteiger partial charge in [-0.15, -0.1) is 11.3 Å². The van der Waals surface area contributed by atoms with Gasteiger partial charge in [-0.1, -0.05) is 0 Å². The van der Waals surface area contributed by atoms with Gasteiger partial charge >= 0.3 is 0 Å². The number of H-pyrrole nitrogens is 1. The highest BCUT2D eigenvalue weighted by Crippen LogP contribution is 2.42. The van der Waals surface area contributed by atoms with Crippen molar-refractivity contribution in [1.82, 2.24) is 19.8 Å². The zero-order valence-corrected chi connectivity index (χ0v) is 17.2. The van der Waals surface area contributed by atoms with Crippen molar-refractivity contribution < 1.29 is 14.3 Å². The van der Waals surface area contributed by atoms with Crippen molar-refractivity contribution in [3.8, 4) is 0 Å². The van der Waals surface area contributed by atoms with E-state index in [0.717, 1.165) is 55.2 Å². The summed E-state index contributed by atoms with van der Waals surface area (Å²) >= 11 is 1.51. The third-order valence-corrected chi connectivity index (χ3v) is 7.00. The van der Waals surface area contributed by atoms with Crippen LogP contribution in [0.5, 0.6) is 0 Å². The van der Waals surface area contributed by atoms with E-state index >= 15 is 0 Å². The molecule has 2 aromatic heterocycles. The summed E-state index contributed by atoms with van der Waals surface area (Å²) in [5.74, 6) is 0.156. The lowest BCUT2D eigenvalue weighted by atomic mass is 9.78. The Kier molecular flexibility index (Phi) is 5.35. The van der Waals surface area contributed by atoms with Crippen molar-refractivity contribution in [3.05, 3.63) is 39.6 Å². The third kappa shape index (κ3) is 3.40. The van der Waals surface area contributed by atoms with Crippen molar-refractivity contribution in [2.24, 2.45) is 0 Å². The molecule has 4 heterocycles. The first-order valence-electron chi connectivity index (χ1n) is 9.66. The van der Waals surface area contributed by atoms with Crippen LogP contribution in [-0.2, 0) is 28.0 Å². The molecule has 1 saturated heterocycles. The number of carbonyl (C=O) groups is 2. The molecule has 150 valence electrons. The fourth-order valence-electron chi connectivity index (χ4n) is 4.53. The van der Waals surface area contributed by atoms with Gasteiger partial charge in [0.15, 0.2) is 5.78 Å². The van der Waals surface area contributed by atoms with Gasteiger partial charge in [0.25, 0.3) is 0 Å². The van der Waals surface area contributed by atoms with E-state index in [2.05, 4.69) is 20.2 Å². The number of aromatic amines is 1. The van der Waals surface area contributed by atoms with Gasteiger partial charge in [0.2, 0.25) is 5.91 Å². The van der Waals surface area contributed by atoms with Gasteiger partial charge in [-0.25, -0.2) is 4.98 Å². The second-order valence-electron chi connectivity index (χ2n) is 7.64. The van der Waals surface area contributed by atoms with Crippen LogP contribution in [0.1, 0.15) is 46.4 Å². The van der Waals surface area contributed by atoms with Crippen LogP contribution >= 0.6 is 11.3 Å². The maximum atomic E-state index is 12.8. The summed E-state index contributed by atoms with van der Waals surface area (Å²) in [6, 6.07) is 2.00. The molecule has 8 heteroatoms. The molecule has 1 spiro atoms. The quantitative estimate of drug-likeness (QED) is 0.776. The number of imidazole rings is 1. The minimum absolute atomic E-state index is 0.0357. The van der Waals surface area contributed by atoms with Crippen LogP contribution in [0.25, 0.3) is 0 Å². The predicted molar refractivity (Wildman–Crippen MR) is 106 cm³/mol. The average Bonchev–Trinajstić information content (AvgIpc) is 3.34. The van der Waals surface area contributed by atoms with Crippen LogP contribution in [0.15, 0.2) is 17.8 Å². The molecule has 2 aromatic rings. The number of hydrogen-bond acceptors (Lipinski definition) is 6. The van der Waals surface area contributed by atoms with E-state index in [4.69, 9.17) is 4.74 Å². The number of aromatic nitrogens is 2. The first-order valence-corrected chi connectivity index (χ1v) is 10.5. The fraction of sp³-hybridized carbons (Fsp3) is 0.550. The van der Waals surface area contributed by atoms with Crippen LogP contribution in [0.2, 0.25) is 0 Å². The van der Waals surface area contributed by atoms with E-state index in [1.54, 1.807) is 20.4 Å². The molecule has 1 N–H and O–H groups in total. The lowest BCUT2D eigenvalue weighted by Gasteiger charge is -2.50. The van der Waals surface area contributed by atoms with Crippen molar-refractivity contribution in [2.45, 2.75) is 38.3 Å². The van der Waals surface area contributed by atoms with Crippen LogP contribution in [-0.4, -0.2) is 64.8 Å². The topological polar surface area (TPSA) is 78.5 Å². The maximum Gasteiger partial charge on any atom is 0.249 e. The van der Waals surface area contributed by atoms with Gasteiger partial charge in [0.05, 0.1) is 22.4 Å². The third-order valence-electron chi connectivity index (χ3n) is 5.92. The van der Waals surface area contributed by atoms with Crippen molar-refractivity contribution in [1.29, 1.82) is 0 Å². The Balaban J connectivity index is 1.51. The molecule has 7 nitrogen and oxygen atoms in total. The number of carbonyl (C=O) groups excluding carboxylic acids is 2. The molecule has 2 aliphatic heterocycles. The number of methoxy groups -OCH3 is 1. The van der Waals surface area contributed by atoms with Crippen molar-refractivity contribution in [2.75, 3.05) is 33.4 Å². The smallest absolute Gasteiger partial charge is 0.249 e. The number of likely N-dealkylation sites (tertiary alicyclic amines) is 1. The number of hydrogen-bond donors (Lipinski definition) is 1.